The van der Waals surface area contributed by atoms with Crippen molar-refractivity contribution < 1.29 is 42.8 Å². The van der Waals surface area contributed by atoms with E-state index in [0.717, 1.165) is 17.1 Å². The monoisotopic (exact) mass is 749 g/mol. The summed E-state index contributed by atoms with van der Waals surface area (Å²) in [6.45, 7) is 8.90. The Labute approximate surface area is 321 Å². The topological polar surface area (TPSA) is 116 Å². The molecule has 0 radical (unpaired) electrons. The van der Waals surface area contributed by atoms with E-state index in [0.29, 0.717) is 23.1 Å². The summed E-state index contributed by atoms with van der Waals surface area (Å²) in [6, 6.07) is 21.6. The van der Waals surface area contributed by atoms with Gasteiger partial charge >= 0.3 is 17.9 Å². The lowest BCUT2D eigenvalue weighted by Crippen LogP contribution is -2.43. The number of rotatable bonds is 22. The van der Waals surface area contributed by atoms with Crippen LogP contribution in [0.1, 0.15) is 65.2 Å². The molecule has 12 nitrogen and oxygen atoms in total. The summed E-state index contributed by atoms with van der Waals surface area (Å²) in [6.07, 6.45) is 0.523. The molecule has 3 aromatic carbocycles. The van der Waals surface area contributed by atoms with E-state index in [1.165, 1.54) is 0 Å². The molecule has 0 heterocycles. The van der Waals surface area contributed by atoms with Crippen LogP contribution in [0.3, 0.4) is 0 Å². The Morgan fingerprint density at radius 2 is 0.981 bits per heavy atom. The molecule has 296 valence electrons. The Bertz CT molecular complexity index is 1620. The van der Waals surface area contributed by atoms with Gasteiger partial charge in [-0.15, -0.1) is 0 Å². The predicted octanol–water partition coefficient (Wildman–Crippen LogP) is 6.37. The first kappa shape index (κ1) is 43.8. The average molecular weight is 750 g/mol. The van der Waals surface area contributed by atoms with Gasteiger partial charge in [0.1, 0.15) is 19.8 Å². The number of hydrogen-bond acceptors (Lipinski definition) is 12. The lowest BCUT2D eigenvalue weighted by molar-refractivity contribution is -0.126. The predicted molar refractivity (Wildman–Crippen MR) is 212 cm³/mol. The molecule has 1 atom stereocenters. The second-order valence-corrected chi connectivity index (χ2v) is 14.8. The van der Waals surface area contributed by atoms with E-state index in [9.17, 15) is 14.4 Å². The highest BCUT2D eigenvalue weighted by Crippen LogP contribution is 2.32. The van der Waals surface area contributed by atoms with Crippen LogP contribution in [0.25, 0.3) is 0 Å². The van der Waals surface area contributed by atoms with Crippen LogP contribution < -0.4 is 14.7 Å². The minimum absolute atomic E-state index is 0.0661. The summed E-state index contributed by atoms with van der Waals surface area (Å²) in [4.78, 5) is 43.7. The minimum atomic E-state index is -0.728. The molecule has 0 saturated carbocycles. The van der Waals surface area contributed by atoms with Crippen molar-refractivity contribution in [2.75, 3.05) is 103 Å². The van der Waals surface area contributed by atoms with E-state index in [1.807, 2.05) is 121 Å². The van der Waals surface area contributed by atoms with E-state index < -0.39 is 29.1 Å². The normalized spacial score (nSPS) is 12.1. The van der Waals surface area contributed by atoms with Crippen molar-refractivity contribution >= 4 is 35.0 Å². The molecular weight excluding hydrogens is 690 g/mol. The van der Waals surface area contributed by atoms with Crippen molar-refractivity contribution in [3.05, 3.63) is 89.5 Å². The number of hydrogen-bond donors (Lipinski definition) is 0. The maximum atomic E-state index is 12.7. The van der Waals surface area contributed by atoms with Crippen LogP contribution in [0.4, 0.5) is 17.1 Å². The van der Waals surface area contributed by atoms with Crippen LogP contribution in [0.5, 0.6) is 0 Å². The Morgan fingerprint density at radius 1 is 0.537 bits per heavy atom. The first-order valence-corrected chi connectivity index (χ1v) is 18.2. The van der Waals surface area contributed by atoms with E-state index in [-0.39, 0.29) is 52.2 Å². The minimum Gasteiger partial charge on any atom is -0.460 e. The summed E-state index contributed by atoms with van der Waals surface area (Å²) < 4.78 is 35.0. The molecule has 54 heavy (non-hydrogen) atoms. The summed E-state index contributed by atoms with van der Waals surface area (Å²) in [5.74, 6) is -1.45. The third-order valence-corrected chi connectivity index (χ3v) is 8.94. The number of nitrogens with zero attached hydrogens (tertiary/aromatic N) is 3. The molecule has 0 aliphatic heterocycles. The molecule has 0 aromatic heterocycles. The molecule has 12 heteroatoms. The fraction of sp³-hybridized carbons (Fsp3) is 0.500. The van der Waals surface area contributed by atoms with Crippen LogP contribution >= 0.6 is 0 Å². The average Bonchev–Trinajstić information content (AvgIpc) is 3.14. The molecule has 0 fully saturated rings. The van der Waals surface area contributed by atoms with Crippen LogP contribution in [-0.4, -0.2) is 118 Å². The zero-order valence-electron chi connectivity index (χ0n) is 33.7. The van der Waals surface area contributed by atoms with Crippen LogP contribution in [-0.2, 0) is 28.4 Å². The summed E-state index contributed by atoms with van der Waals surface area (Å²) in [5.41, 5.74) is 2.89. The van der Waals surface area contributed by atoms with Gasteiger partial charge in [-0.25, -0.2) is 14.4 Å². The van der Waals surface area contributed by atoms with Crippen molar-refractivity contribution in [3.63, 3.8) is 0 Å². The molecule has 3 rings (SSSR count). The van der Waals surface area contributed by atoms with Crippen molar-refractivity contribution in [2.45, 2.75) is 45.3 Å². The van der Waals surface area contributed by atoms with Gasteiger partial charge in [-0.2, -0.15) is 0 Å². The molecule has 3 aromatic rings. The van der Waals surface area contributed by atoms with E-state index in [2.05, 4.69) is 0 Å². The zero-order valence-corrected chi connectivity index (χ0v) is 33.7. The van der Waals surface area contributed by atoms with Gasteiger partial charge in [0.05, 0.1) is 54.3 Å². The summed E-state index contributed by atoms with van der Waals surface area (Å²) in [5, 5.41) is 0. The maximum Gasteiger partial charge on any atom is 0.338 e. The molecule has 0 spiro atoms. The van der Waals surface area contributed by atoms with Crippen LogP contribution in [0.15, 0.2) is 72.8 Å². The van der Waals surface area contributed by atoms with Gasteiger partial charge in [0.25, 0.3) is 0 Å². The van der Waals surface area contributed by atoms with E-state index in [4.69, 9.17) is 28.4 Å². The largest absolute Gasteiger partial charge is 0.460 e. The Morgan fingerprint density at radius 3 is 1.46 bits per heavy atom. The lowest BCUT2D eigenvalue weighted by Gasteiger charge is -2.39. The highest BCUT2D eigenvalue weighted by atomic mass is 16.6. The highest BCUT2D eigenvalue weighted by molar-refractivity contribution is 5.91. The third kappa shape index (κ3) is 14.3. The highest BCUT2D eigenvalue weighted by Gasteiger charge is 2.36. The number of ether oxygens (including phenoxy) is 6. The van der Waals surface area contributed by atoms with E-state index >= 15 is 0 Å². The maximum absolute atomic E-state index is 12.7. The number of esters is 3. The smallest absolute Gasteiger partial charge is 0.338 e. The van der Waals surface area contributed by atoms with Crippen molar-refractivity contribution in [2.24, 2.45) is 5.92 Å². The van der Waals surface area contributed by atoms with Gasteiger partial charge in [0.15, 0.2) is 0 Å². The van der Waals surface area contributed by atoms with Gasteiger partial charge in [0.2, 0.25) is 0 Å². The molecule has 0 amide bonds. The van der Waals surface area contributed by atoms with Gasteiger partial charge in [-0.1, -0.05) is 6.07 Å². The number of anilines is 3. The van der Waals surface area contributed by atoms with Crippen LogP contribution in [0, 0.1) is 5.92 Å². The Kier molecular flexibility index (Phi) is 16.8. The van der Waals surface area contributed by atoms with Crippen molar-refractivity contribution in [1.82, 2.24) is 0 Å². The van der Waals surface area contributed by atoms with Gasteiger partial charge in [-0.3, -0.25) is 0 Å². The van der Waals surface area contributed by atoms with Crippen LogP contribution in [0.2, 0.25) is 0 Å². The summed E-state index contributed by atoms with van der Waals surface area (Å²) >= 11 is 0. The Balaban J connectivity index is 1.55. The van der Waals surface area contributed by atoms with Crippen molar-refractivity contribution in [3.8, 4) is 0 Å². The second-order valence-electron chi connectivity index (χ2n) is 14.8. The first-order chi connectivity index (χ1) is 25.5. The van der Waals surface area contributed by atoms with Gasteiger partial charge in [0, 0.05) is 65.3 Å². The molecule has 1 unspecified atom stereocenters. The fourth-order valence-electron chi connectivity index (χ4n) is 5.54. The lowest BCUT2D eigenvalue weighted by atomic mass is 9.82. The summed E-state index contributed by atoms with van der Waals surface area (Å²) in [7, 11) is 11.6. The fourth-order valence-corrected chi connectivity index (χ4v) is 5.54. The van der Waals surface area contributed by atoms with Gasteiger partial charge in [-0.05, 0) is 101 Å². The standard InChI is InChI=1S/C42H59N3O9/c1-41(2,53-26-24-51-39(47)32-16-20-36(21-17-32)44(7)8)29-34(30-49-22-23-50-38(46)31-14-18-35(19-15-31)43(5)6)42(3,4)54-27-25-52-40(48)33-12-11-13-37(28-33)45(9)10/h11-21,28,34H,22-27,29-30H2,1-10H3. The molecule has 0 N–H and O–H groups in total. The molecule has 0 aliphatic rings. The molecule has 0 bridgehead atoms. The number of carbonyl (C=O) groups is 3. The zero-order chi connectivity index (χ0) is 39.9. The third-order valence-electron chi connectivity index (χ3n) is 8.94. The first-order valence-electron chi connectivity index (χ1n) is 18.2. The van der Waals surface area contributed by atoms with E-state index in [1.54, 1.807) is 36.4 Å². The molecule has 0 saturated heterocycles. The second kappa shape index (κ2) is 20.7. The molecule has 0 aliphatic carbocycles. The quantitative estimate of drug-likeness (QED) is 0.0646. The number of benzene rings is 3. The SMILES string of the molecule is CN(C)c1ccc(C(=O)OCCOCC(CC(C)(C)OCCOC(=O)c2ccc(N(C)C)cc2)C(C)(C)OCCOC(=O)c2cccc(N(C)C)c2)cc1. The van der Waals surface area contributed by atoms with Gasteiger partial charge < -0.3 is 43.1 Å². The molecular formula is C42H59N3O9. The number of carbonyl (C=O) groups excluding carboxylic acids is 3. The Hall–Kier alpha value is -4.65. The van der Waals surface area contributed by atoms with Crippen molar-refractivity contribution in [1.29, 1.82) is 0 Å².